The Balaban J connectivity index is 2.12. The predicted molar refractivity (Wildman–Crippen MR) is 91.2 cm³/mol. The molecule has 118 valence electrons. The molecule has 0 unspecified atom stereocenters. The summed E-state index contributed by atoms with van der Waals surface area (Å²) < 4.78 is 0. The summed E-state index contributed by atoms with van der Waals surface area (Å²) in [7, 11) is 0. The summed E-state index contributed by atoms with van der Waals surface area (Å²) in [6.07, 6.45) is 5.11. The molecule has 0 bridgehead atoms. The topological polar surface area (TPSA) is 83.6 Å². The molecule has 0 aliphatic heterocycles. The summed E-state index contributed by atoms with van der Waals surface area (Å²) in [5.41, 5.74) is 2.20. The Labute approximate surface area is 138 Å². The van der Waals surface area contributed by atoms with Gasteiger partial charge < -0.3 is 10.3 Å². The van der Waals surface area contributed by atoms with Gasteiger partial charge in [-0.3, -0.25) is 9.78 Å². The first-order valence-electron chi connectivity index (χ1n) is 7.46. The van der Waals surface area contributed by atoms with Crippen LogP contribution < -0.4 is 5.32 Å². The monoisotopic (exact) mass is 327 g/mol. The average molecular weight is 327 g/mol. The summed E-state index contributed by atoms with van der Waals surface area (Å²) in [5, 5.41) is 4.60. The Hall–Kier alpha value is -2.41. The third kappa shape index (κ3) is 3.05. The molecule has 0 fully saturated rings. The van der Waals surface area contributed by atoms with Crippen molar-refractivity contribution in [3.05, 3.63) is 35.8 Å². The minimum absolute atomic E-state index is 0.614. The zero-order valence-electron chi connectivity index (χ0n) is 13.0. The maximum absolute atomic E-state index is 11.5. The van der Waals surface area contributed by atoms with Gasteiger partial charge >= 0.3 is 0 Å². The molecule has 0 aliphatic carbocycles. The number of aldehydes is 1. The van der Waals surface area contributed by atoms with Gasteiger partial charge in [-0.25, -0.2) is 9.97 Å². The van der Waals surface area contributed by atoms with Crippen molar-refractivity contribution >= 4 is 34.9 Å². The van der Waals surface area contributed by atoms with E-state index in [-0.39, 0.29) is 0 Å². The van der Waals surface area contributed by atoms with Crippen LogP contribution in [-0.4, -0.2) is 32.8 Å². The van der Waals surface area contributed by atoms with E-state index >= 15 is 0 Å². The molecule has 3 rings (SSSR count). The Bertz CT molecular complexity index is 831. The van der Waals surface area contributed by atoms with Crippen LogP contribution in [0.15, 0.2) is 34.6 Å². The van der Waals surface area contributed by atoms with Crippen molar-refractivity contribution in [3.8, 4) is 0 Å². The van der Waals surface area contributed by atoms with Gasteiger partial charge in [0, 0.05) is 35.1 Å². The summed E-state index contributed by atoms with van der Waals surface area (Å²) in [6, 6.07) is 3.83. The molecular formula is C16H17N5OS. The number of carbonyl (C=O) groups is 1. The van der Waals surface area contributed by atoms with Crippen molar-refractivity contribution in [2.24, 2.45) is 0 Å². The number of hydrogen-bond donors (Lipinski definition) is 2. The van der Waals surface area contributed by atoms with Crippen LogP contribution in [0.3, 0.4) is 0 Å². The zero-order chi connectivity index (χ0) is 16.2. The smallest absolute Gasteiger partial charge is 0.196 e. The number of nitrogens with one attached hydrogen (secondary N) is 2. The van der Waals surface area contributed by atoms with Crippen LogP contribution >= 0.6 is 11.8 Å². The van der Waals surface area contributed by atoms with Crippen LogP contribution in [0.25, 0.3) is 11.0 Å². The molecule has 0 radical (unpaired) electrons. The normalized spacial score (nSPS) is 10.9. The largest absolute Gasteiger partial charge is 0.370 e. The molecule has 7 heteroatoms. The van der Waals surface area contributed by atoms with Crippen LogP contribution in [0.1, 0.15) is 29.9 Å². The quantitative estimate of drug-likeness (QED) is 0.534. The number of nitrogens with zero attached hydrogens (tertiary/aromatic N) is 3. The molecule has 3 aromatic heterocycles. The fourth-order valence-corrected chi connectivity index (χ4v) is 3.15. The minimum atomic E-state index is 0.614. The summed E-state index contributed by atoms with van der Waals surface area (Å²) >= 11 is 1.44. The van der Waals surface area contributed by atoms with Crippen LogP contribution in [0.5, 0.6) is 0 Å². The van der Waals surface area contributed by atoms with Crippen molar-refractivity contribution in [1.82, 2.24) is 19.9 Å². The number of aromatic amines is 1. The molecule has 0 aliphatic rings. The third-order valence-corrected chi connectivity index (χ3v) is 4.25. The lowest BCUT2D eigenvalue weighted by atomic mass is 10.1. The van der Waals surface area contributed by atoms with E-state index in [9.17, 15) is 4.79 Å². The van der Waals surface area contributed by atoms with E-state index in [4.69, 9.17) is 0 Å². The summed E-state index contributed by atoms with van der Waals surface area (Å²) in [4.78, 5) is 28.9. The Kier molecular flexibility index (Phi) is 4.57. The standard InChI is InChI=1S/C16H17N5OS/c1-3-12-11(9-22)13-14(18-4-2)20-16(21-15(13)19-12)23-10-6-5-7-17-8-10/h5-9H,3-4H2,1-2H3,(H2,18,19,20,21). The molecule has 2 N–H and O–H groups in total. The van der Waals surface area contributed by atoms with Crippen molar-refractivity contribution in [2.75, 3.05) is 11.9 Å². The highest BCUT2D eigenvalue weighted by molar-refractivity contribution is 7.99. The van der Waals surface area contributed by atoms with Crippen molar-refractivity contribution < 1.29 is 4.79 Å². The highest BCUT2D eigenvalue weighted by atomic mass is 32.2. The maximum Gasteiger partial charge on any atom is 0.196 e. The fourth-order valence-electron chi connectivity index (χ4n) is 2.41. The first-order chi connectivity index (χ1) is 11.3. The molecule has 0 atom stereocenters. The molecule has 23 heavy (non-hydrogen) atoms. The predicted octanol–water partition coefficient (Wildman–Crippen LogP) is 3.31. The summed E-state index contributed by atoms with van der Waals surface area (Å²) in [5.74, 6) is 0.682. The number of hydrogen-bond acceptors (Lipinski definition) is 6. The first-order valence-corrected chi connectivity index (χ1v) is 8.28. The third-order valence-electron chi connectivity index (χ3n) is 3.41. The summed E-state index contributed by atoms with van der Waals surface area (Å²) in [6.45, 7) is 4.72. The second kappa shape index (κ2) is 6.78. The molecule has 3 aromatic rings. The van der Waals surface area contributed by atoms with E-state index in [1.54, 1.807) is 12.4 Å². The van der Waals surface area contributed by atoms with Gasteiger partial charge in [0.2, 0.25) is 0 Å². The van der Waals surface area contributed by atoms with E-state index in [2.05, 4.69) is 25.3 Å². The van der Waals surface area contributed by atoms with E-state index < -0.39 is 0 Å². The molecule has 6 nitrogen and oxygen atoms in total. The van der Waals surface area contributed by atoms with Crippen LogP contribution in [-0.2, 0) is 6.42 Å². The molecular weight excluding hydrogens is 310 g/mol. The molecule has 0 aromatic carbocycles. The number of fused-ring (bicyclic) bond motifs is 1. The van der Waals surface area contributed by atoms with Gasteiger partial charge in [-0.15, -0.1) is 0 Å². The highest BCUT2D eigenvalue weighted by Gasteiger charge is 2.17. The Morgan fingerprint density at radius 3 is 2.87 bits per heavy atom. The fraction of sp³-hybridized carbons (Fsp3) is 0.250. The average Bonchev–Trinajstić information content (AvgIpc) is 2.94. The number of aryl methyl sites for hydroxylation is 1. The molecule has 0 amide bonds. The lowest BCUT2D eigenvalue weighted by Gasteiger charge is -2.07. The first kappa shape index (κ1) is 15.5. The van der Waals surface area contributed by atoms with Gasteiger partial charge in [-0.05, 0) is 37.2 Å². The number of pyridine rings is 1. The van der Waals surface area contributed by atoms with E-state index in [1.165, 1.54) is 11.8 Å². The number of anilines is 1. The van der Waals surface area contributed by atoms with Crippen molar-refractivity contribution in [3.63, 3.8) is 0 Å². The lowest BCUT2D eigenvalue weighted by molar-refractivity contribution is 0.112. The van der Waals surface area contributed by atoms with E-state index in [1.807, 2.05) is 26.0 Å². The zero-order valence-corrected chi connectivity index (χ0v) is 13.8. The van der Waals surface area contributed by atoms with E-state index in [0.29, 0.717) is 28.7 Å². The van der Waals surface area contributed by atoms with Gasteiger partial charge in [0.25, 0.3) is 0 Å². The molecule has 0 saturated heterocycles. The van der Waals surface area contributed by atoms with Crippen molar-refractivity contribution in [1.29, 1.82) is 0 Å². The van der Waals surface area contributed by atoms with Gasteiger partial charge in [-0.2, -0.15) is 0 Å². The molecule has 3 heterocycles. The van der Waals surface area contributed by atoms with Gasteiger partial charge in [0.15, 0.2) is 11.4 Å². The van der Waals surface area contributed by atoms with Crippen LogP contribution in [0, 0.1) is 0 Å². The SMILES string of the molecule is CCNc1nc(Sc2cccnc2)nc2[nH]c(CC)c(C=O)c12. The number of rotatable bonds is 6. The van der Waals surface area contributed by atoms with Gasteiger partial charge in [-0.1, -0.05) is 6.92 Å². The van der Waals surface area contributed by atoms with Gasteiger partial charge in [0.05, 0.1) is 5.39 Å². The van der Waals surface area contributed by atoms with E-state index in [0.717, 1.165) is 28.7 Å². The second-order valence-electron chi connectivity index (χ2n) is 4.89. The Morgan fingerprint density at radius 1 is 1.35 bits per heavy atom. The molecule has 0 saturated carbocycles. The number of H-pyrrole nitrogens is 1. The van der Waals surface area contributed by atoms with Gasteiger partial charge in [0.1, 0.15) is 11.5 Å². The number of aromatic nitrogens is 4. The second-order valence-corrected chi connectivity index (χ2v) is 5.93. The minimum Gasteiger partial charge on any atom is -0.370 e. The maximum atomic E-state index is 11.5. The molecule has 0 spiro atoms. The Morgan fingerprint density at radius 2 is 2.22 bits per heavy atom. The van der Waals surface area contributed by atoms with Crippen LogP contribution in [0.4, 0.5) is 5.82 Å². The highest BCUT2D eigenvalue weighted by Crippen LogP contribution is 2.31. The number of carbonyl (C=O) groups excluding carboxylic acids is 1. The van der Waals surface area contributed by atoms with Crippen molar-refractivity contribution in [2.45, 2.75) is 30.3 Å². The lowest BCUT2D eigenvalue weighted by Crippen LogP contribution is -2.03. The van der Waals surface area contributed by atoms with Crippen LogP contribution in [0.2, 0.25) is 0 Å².